The molecule has 1 fully saturated rings. The highest BCUT2D eigenvalue weighted by molar-refractivity contribution is 5.94. The van der Waals surface area contributed by atoms with Gasteiger partial charge in [0.15, 0.2) is 5.43 Å². The molecule has 0 amide bonds. The summed E-state index contributed by atoms with van der Waals surface area (Å²) in [6, 6.07) is 5.15. The van der Waals surface area contributed by atoms with Gasteiger partial charge >= 0.3 is 5.97 Å². The van der Waals surface area contributed by atoms with E-state index in [0.717, 1.165) is 36.4 Å². The second kappa shape index (κ2) is 7.83. The zero-order valence-corrected chi connectivity index (χ0v) is 15.1. The Balaban J connectivity index is 1.97. The van der Waals surface area contributed by atoms with Crippen molar-refractivity contribution in [1.29, 1.82) is 0 Å². The molecule has 1 aromatic heterocycles. The van der Waals surface area contributed by atoms with E-state index >= 15 is 0 Å². The molecule has 5 nitrogen and oxygen atoms in total. The maximum atomic E-state index is 13.1. The van der Waals surface area contributed by atoms with Crippen molar-refractivity contribution in [2.75, 3.05) is 19.7 Å². The number of quaternary nitrogens is 1. The first-order valence-electron chi connectivity index (χ1n) is 9.26. The van der Waals surface area contributed by atoms with Gasteiger partial charge in [-0.25, -0.2) is 4.79 Å². The summed E-state index contributed by atoms with van der Waals surface area (Å²) in [5.74, 6) is -0.385. The minimum atomic E-state index is -0.385. The number of esters is 1. The van der Waals surface area contributed by atoms with E-state index in [1.165, 1.54) is 30.6 Å². The zero-order valence-electron chi connectivity index (χ0n) is 15.1. The lowest BCUT2D eigenvalue weighted by Crippen LogP contribution is -3.10. The van der Waals surface area contributed by atoms with E-state index < -0.39 is 0 Å². The maximum absolute atomic E-state index is 13.1. The lowest BCUT2D eigenvalue weighted by Gasteiger charge is -2.18. The Morgan fingerprint density at radius 1 is 1.20 bits per heavy atom. The lowest BCUT2D eigenvalue weighted by molar-refractivity contribution is -0.913. The maximum Gasteiger partial charge on any atom is 0.338 e. The molecule has 0 atom stereocenters. The highest BCUT2D eigenvalue weighted by atomic mass is 16.5. The number of H-pyrrole nitrogens is 1. The van der Waals surface area contributed by atoms with Crippen molar-refractivity contribution in [2.45, 2.75) is 46.1 Å². The second-order valence-corrected chi connectivity index (χ2v) is 6.88. The number of aryl methyl sites for hydroxylation is 1. The van der Waals surface area contributed by atoms with Crippen molar-refractivity contribution >= 4 is 16.9 Å². The molecule has 0 saturated carbocycles. The Bertz CT molecular complexity index is 818. The highest BCUT2D eigenvalue weighted by Gasteiger charge is 2.18. The van der Waals surface area contributed by atoms with Crippen LogP contribution in [0, 0.1) is 6.92 Å². The van der Waals surface area contributed by atoms with Crippen LogP contribution in [0.1, 0.15) is 54.2 Å². The molecule has 1 aliphatic rings. The number of carbonyl (C=O) groups excluding carboxylic acids is 1. The number of rotatable bonds is 4. The molecule has 1 aliphatic heterocycles. The summed E-state index contributed by atoms with van der Waals surface area (Å²) in [5.41, 5.74) is 3.00. The van der Waals surface area contributed by atoms with Crippen molar-refractivity contribution < 1.29 is 14.4 Å². The first-order valence-corrected chi connectivity index (χ1v) is 9.26. The standard InChI is InChI=1S/C20H26N2O3/c1-3-25-20(24)15-8-9-18-16(12-15)19(23)17(14(2)21-18)13-22-10-6-4-5-7-11-22/h8-9,12H,3-7,10-11,13H2,1-2H3,(H,21,23)/p+1. The third-order valence-corrected chi connectivity index (χ3v) is 5.06. The number of benzene rings is 1. The molecule has 1 aromatic carbocycles. The van der Waals surface area contributed by atoms with Crippen molar-refractivity contribution in [2.24, 2.45) is 0 Å². The average Bonchev–Trinajstić information content (AvgIpc) is 2.87. The van der Waals surface area contributed by atoms with Gasteiger partial charge in [0.2, 0.25) is 0 Å². The largest absolute Gasteiger partial charge is 0.462 e. The van der Waals surface area contributed by atoms with E-state index in [4.69, 9.17) is 4.74 Å². The van der Waals surface area contributed by atoms with Crippen LogP contribution < -0.4 is 10.3 Å². The van der Waals surface area contributed by atoms with Gasteiger partial charge in [-0.2, -0.15) is 0 Å². The Morgan fingerprint density at radius 2 is 1.92 bits per heavy atom. The van der Waals surface area contributed by atoms with Gasteiger partial charge in [0.1, 0.15) is 6.54 Å². The number of likely N-dealkylation sites (tertiary alicyclic amines) is 1. The number of hydrogen-bond donors (Lipinski definition) is 2. The smallest absolute Gasteiger partial charge is 0.338 e. The van der Waals surface area contributed by atoms with Crippen molar-refractivity contribution in [1.82, 2.24) is 4.98 Å². The van der Waals surface area contributed by atoms with Gasteiger partial charge < -0.3 is 14.6 Å². The fourth-order valence-electron chi connectivity index (χ4n) is 3.66. The summed E-state index contributed by atoms with van der Waals surface area (Å²) in [4.78, 5) is 29.8. The number of carbonyl (C=O) groups is 1. The fraction of sp³-hybridized carbons (Fsp3) is 0.500. The third kappa shape index (κ3) is 3.93. The third-order valence-electron chi connectivity index (χ3n) is 5.06. The molecule has 0 spiro atoms. The number of ether oxygens (including phenoxy) is 1. The van der Waals surface area contributed by atoms with Gasteiger partial charge in [-0.15, -0.1) is 0 Å². The van der Waals surface area contributed by atoms with Crippen LogP contribution in [0.5, 0.6) is 0 Å². The molecule has 134 valence electrons. The zero-order chi connectivity index (χ0) is 17.8. The van der Waals surface area contributed by atoms with E-state index in [1.54, 1.807) is 25.1 Å². The fourth-order valence-corrected chi connectivity index (χ4v) is 3.66. The number of pyridine rings is 1. The molecule has 1 saturated heterocycles. The predicted molar refractivity (Wildman–Crippen MR) is 98.1 cm³/mol. The summed E-state index contributed by atoms with van der Waals surface area (Å²) in [6.07, 6.45) is 5.04. The minimum absolute atomic E-state index is 0.0362. The number of nitrogens with one attached hydrogen (secondary N) is 2. The van der Waals surface area contributed by atoms with E-state index in [0.29, 0.717) is 17.6 Å². The molecule has 2 N–H and O–H groups in total. The molecule has 0 unspecified atom stereocenters. The van der Waals surface area contributed by atoms with Gasteiger partial charge in [-0.3, -0.25) is 4.79 Å². The van der Waals surface area contributed by atoms with Crippen molar-refractivity contribution in [3.63, 3.8) is 0 Å². The monoisotopic (exact) mass is 343 g/mol. The van der Waals surface area contributed by atoms with Crippen LogP contribution in [0.4, 0.5) is 0 Å². The molecule has 0 bridgehead atoms. The van der Waals surface area contributed by atoms with Crippen LogP contribution in [0.15, 0.2) is 23.0 Å². The first kappa shape index (κ1) is 17.7. The molecule has 2 aromatic rings. The second-order valence-electron chi connectivity index (χ2n) is 6.88. The quantitative estimate of drug-likeness (QED) is 0.835. The topological polar surface area (TPSA) is 63.6 Å². The number of hydrogen-bond acceptors (Lipinski definition) is 3. The van der Waals surface area contributed by atoms with Crippen molar-refractivity contribution in [3.05, 3.63) is 45.2 Å². The Kier molecular flexibility index (Phi) is 5.53. The lowest BCUT2D eigenvalue weighted by atomic mass is 10.1. The van der Waals surface area contributed by atoms with Crippen LogP contribution in [0.3, 0.4) is 0 Å². The average molecular weight is 343 g/mol. The summed E-state index contributed by atoms with van der Waals surface area (Å²) in [5, 5.41) is 0.570. The summed E-state index contributed by atoms with van der Waals surface area (Å²) in [6.45, 7) is 7.06. The van der Waals surface area contributed by atoms with E-state index in [9.17, 15) is 9.59 Å². The molecular formula is C20H27N2O3+. The molecule has 5 heteroatoms. The van der Waals surface area contributed by atoms with Gasteiger partial charge in [0, 0.05) is 16.6 Å². The molecular weight excluding hydrogens is 316 g/mol. The number of fused-ring (bicyclic) bond motifs is 1. The van der Waals surface area contributed by atoms with E-state index in [-0.39, 0.29) is 11.4 Å². The first-order chi connectivity index (χ1) is 12.1. The Hall–Kier alpha value is -2.14. The van der Waals surface area contributed by atoms with Gasteiger partial charge in [-0.1, -0.05) is 0 Å². The minimum Gasteiger partial charge on any atom is -0.462 e. The summed E-state index contributed by atoms with van der Waals surface area (Å²) >= 11 is 0. The summed E-state index contributed by atoms with van der Waals surface area (Å²) in [7, 11) is 0. The molecule has 0 radical (unpaired) electrons. The van der Waals surface area contributed by atoms with Crippen LogP contribution in [-0.2, 0) is 11.3 Å². The SMILES string of the molecule is CCOC(=O)c1ccc2[nH]c(C)c(C[NH+]3CCCCCC3)c(=O)c2c1. The van der Waals surface area contributed by atoms with Gasteiger partial charge in [0.05, 0.1) is 30.8 Å². The Labute approximate surface area is 148 Å². The number of aromatic nitrogens is 1. The van der Waals surface area contributed by atoms with E-state index in [1.807, 2.05) is 6.92 Å². The number of aromatic amines is 1. The predicted octanol–water partition coefficient (Wildman–Crippen LogP) is 1.97. The van der Waals surface area contributed by atoms with E-state index in [2.05, 4.69) is 4.98 Å². The Morgan fingerprint density at radius 3 is 2.60 bits per heavy atom. The molecule has 25 heavy (non-hydrogen) atoms. The van der Waals surface area contributed by atoms with Crippen LogP contribution in [0.2, 0.25) is 0 Å². The van der Waals surface area contributed by atoms with Crippen molar-refractivity contribution in [3.8, 4) is 0 Å². The van der Waals surface area contributed by atoms with Gasteiger partial charge in [0.25, 0.3) is 0 Å². The molecule has 2 heterocycles. The van der Waals surface area contributed by atoms with Gasteiger partial charge in [-0.05, 0) is 57.7 Å². The van der Waals surface area contributed by atoms with Crippen LogP contribution in [-0.4, -0.2) is 30.6 Å². The molecule has 3 rings (SSSR count). The van der Waals surface area contributed by atoms with Crippen LogP contribution >= 0.6 is 0 Å². The normalized spacial score (nSPS) is 15.9. The molecule has 0 aliphatic carbocycles. The highest BCUT2D eigenvalue weighted by Crippen LogP contribution is 2.14. The summed E-state index contributed by atoms with van der Waals surface area (Å²) < 4.78 is 5.05. The van der Waals surface area contributed by atoms with Crippen LogP contribution in [0.25, 0.3) is 10.9 Å².